The van der Waals surface area contributed by atoms with Gasteiger partial charge in [0.05, 0.1) is 0 Å². The molecular formula is C15H12FN3S. The molecule has 0 fully saturated rings. The summed E-state index contributed by atoms with van der Waals surface area (Å²) in [6.07, 6.45) is 0. The lowest BCUT2D eigenvalue weighted by Crippen LogP contribution is -1.98. The third-order valence-electron chi connectivity index (χ3n) is 2.82. The molecule has 100 valence electrons. The lowest BCUT2D eigenvalue weighted by atomic mass is 10.2. The van der Waals surface area contributed by atoms with E-state index in [0.29, 0.717) is 6.54 Å². The Bertz CT molecular complexity index is 680. The zero-order chi connectivity index (χ0) is 13.8. The minimum Gasteiger partial charge on any atom is -0.356 e. The molecule has 0 spiro atoms. The topological polar surface area (TPSA) is 37.8 Å². The molecule has 1 heterocycles. The smallest absolute Gasteiger partial charge is 0.203 e. The van der Waals surface area contributed by atoms with Crippen molar-refractivity contribution in [2.75, 3.05) is 5.32 Å². The van der Waals surface area contributed by atoms with Crippen molar-refractivity contribution >= 4 is 16.7 Å². The van der Waals surface area contributed by atoms with E-state index in [2.05, 4.69) is 14.7 Å². The van der Waals surface area contributed by atoms with Gasteiger partial charge in [0.25, 0.3) is 0 Å². The number of halogens is 1. The SMILES string of the molecule is Fc1ccc(CNc2nc(-c3ccccc3)ns2)cc1. The van der Waals surface area contributed by atoms with E-state index in [1.165, 1.54) is 23.7 Å². The van der Waals surface area contributed by atoms with Gasteiger partial charge >= 0.3 is 0 Å². The monoisotopic (exact) mass is 285 g/mol. The normalized spacial score (nSPS) is 10.4. The van der Waals surface area contributed by atoms with E-state index in [-0.39, 0.29) is 5.82 Å². The molecule has 0 saturated carbocycles. The van der Waals surface area contributed by atoms with Crippen LogP contribution in [-0.2, 0) is 6.54 Å². The number of nitrogens with one attached hydrogen (secondary N) is 1. The summed E-state index contributed by atoms with van der Waals surface area (Å²) in [5, 5.41) is 3.95. The molecule has 0 aliphatic carbocycles. The van der Waals surface area contributed by atoms with Gasteiger partial charge in [0.15, 0.2) is 5.82 Å². The fourth-order valence-electron chi connectivity index (χ4n) is 1.78. The number of aromatic nitrogens is 2. The molecule has 3 aromatic rings. The average molecular weight is 285 g/mol. The van der Waals surface area contributed by atoms with Gasteiger partial charge in [0.2, 0.25) is 5.13 Å². The maximum absolute atomic E-state index is 12.8. The Labute approximate surface area is 120 Å². The highest BCUT2D eigenvalue weighted by Gasteiger charge is 2.05. The summed E-state index contributed by atoms with van der Waals surface area (Å²) in [7, 11) is 0. The molecule has 2 aromatic carbocycles. The second-order valence-electron chi connectivity index (χ2n) is 4.27. The van der Waals surface area contributed by atoms with Gasteiger partial charge in [-0.15, -0.1) is 0 Å². The van der Waals surface area contributed by atoms with Gasteiger partial charge in [0, 0.05) is 23.6 Å². The van der Waals surface area contributed by atoms with Crippen LogP contribution >= 0.6 is 11.5 Å². The summed E-state index contributed by atoms with van der Waals surface area (Å²) in [4.78, 5) is 4.44. The zero-order valence-corrected chi connectivity index (χ0v) is 11.4. The van der Waals surface area contributed by atoms with Crippen LogP contribution in [-0.4, -0.2) is 9.36 Å². The van der Waals surface area contributed by atoms with Crippen LogP contribution < -0.4 is 5.32 Å². The number of rotatable bonds is 4. The van der Waals surface area contributed by atoms with Crippen LogP contribution in [0.4, 0.5) is 9.52 Å². The van der Waals surface area contributed by atoms with E-state index in [4.69, 9.17) is 0 Å². The minimum atomic E-state index is -0.226. The molecule has 3 nitrogen and oxygen atoms in total. The van der Waals surface area contributed by atoms with Crippen molar-refractivity contribution in [1.29, 1.82) is 0 Å². The lowest BCUT2D eigenvalue weighted by Gasteiger charge is -2.01. The quantitative estimate of drug-likeness (QED) is 0.788. The van der Waals surface area contributed by atoms with Crippen LogP contribution in [0.15, 0.2) is 54.6 Å². The highest BCUT2D eigenvalue weighted by molar-refractivity contribution is 7.09. The Balaban J connectivity index is 1.67. The summed E-state index contributed by atoms with van der Waals surface area (Å²) in [6, 6.07) is 16.2. The van der Waals surface area contributed by atoms with Crippen molar-refractivity contribution in [1.82, 2.24) is 9.36 Å². The maximum atomic E-state index is 12.8. The van der Waals surface area contributed by atoms with Gasteiger partial charge in [-0.25, -0.2) is 4.39 Å². The number of hydrogen-bond acceptors (Lipinski definition) is 4. The molecule has 0 radical (unpaired) electrons. The van der Waals surface area contributed by atoms with Gasteiger partial charge in [-0.3, -0.25) is 0 Å². The first-order valence-electron chi connectivity index (χ1n) is 6.19. The Morgan fingerprint density at radius 3 is 2.50 bits per heavy atom. The highest BCUT2D eigenvalue weighted by atomic mass is 32.1. The first-order valence-corrected chi connectivity index (χ1v) is 6.96. The predicted molar refractivity (Wildman–Crippen MR) is 79.1 cm³/mol. The van der Waals surface area contributed by atoms with Crippen molar-refractivity contribution in [3.05, 3.63) is 66.0 Å². The molecule has 0 aliphatic heterocycles. The van der Waals surface area contributed by atoms with Gasteiger partial charge in [0.1, 0.15) is 5.82 Å². The predicted octanol–water partition coefficient (Wildman–Crippen LogP) is 3.96. The van der Waals surface area contributed by atoms with Crippen LogP contribution in [0, 0.1) is 5.82 Å². The first kappa shape index (κ1) is 12.7. The fraction of sp³-hybridized carbons (Fsp3) is 0.0667. The van der Waals surface area contributed by atoms with Gasteiger partial charge in [-0.1, -0.05) is 42.5 Å². The largest absolute Gasteiger partial charge is 0.356 e. The van der Waals surface area contributed by atoms with E-state index in [1.54, 1.807) is 12.1 Å². The summed E-state index contributed by atoms with van der Waals surface area (Å²) in [5.41, 5.74) is 2.00. The summed E-state index contributed by atoms with van der Waals surface area (Å²) < 4.78 is 17.1. The summed E-state index contributed by atoms with van der Waals surface area (Å²) in [6.45, 7) is 0.601. The van der Waals surface area contributed by atoms with Crippen LogP contribution in [0.5, 0.6) is 0 Å². The lowest BCUT2D eigenvalue weighted by molar-refractivity contribution is 0.627. The molecule has 0 saturated heterocycles. The van der Waals surface area contributed by atoms with Crippen LogP contribution in [0.1, 0.15) is 5.56 Å². The van der Waals surface area contributed by atoms with Crippen molar-refractivity contribution in [3.63, 3.8) is 0 Å². The molecule has 1 aromatic heterocycles. The number of benzene rings is 2. The van der Waals surface area contributed by atoms with Crippen molar-refractivity contribution in [3.8, 4) is 11.4 Å². The Hall–Kier alpha value is -2.27. The molecule has 1 N–H and O–H groups in total. The summed E-state index contributed by atoms with van der Waals surface area (Å²) in [5.74, 6) is 0.494. The second-order valence-corrected chi connectivity index (χ2v) is 5.02. The zero-order valence-electron chi connectivity index (χ0n) is 10.6. The molecular weight excluding hydrogens is 273 g/mol. The summed E-state index contributed by atoms with van der Waals surface area (Å²) >= 11 is 1.32. The minimum absolute atomic E-state index is 0.226. The maximum Gasteiger partial charge on any atom is 0.203 e. The molecule has 0 atom stereocenters. The van der Waals surface area contributed by atoms with Crippen LogP contribution in [0.3, 0.4) is 0 Å². The van der Waals surface area contributed by atoms with Crippen molar-refractivity contribution in [2.24, 2.45) is 0 Å². The fourth-order valence-corrected chi connectivity index (χ4v) is 2.36. The van der Waals surface area contributed by atoms with Gasteiger partial charge in [-0.2, -0.15) is 9.36 Å². The Morgan fingerprint density at radius 1 is 1.00 bits per heavy atom. The molecule has 0 amide bonds. The first-order chi connectivity index (χ1) is 9.81. The standard InChI is InChI=1S/C15H12FN3S/c16-13-8-6-11(7-9-13)10-17-15-18-14(19-20-15)12-4-2-1-3-5-12/h1-9H,10H2,(H,17,18,19). The van der Waals surface area contributed by atoms with E-state index in [1.807, 2.05) is 30.3 Å². The van der Waals surface area contributed by atoms with Crippen molar-refractivity contribution in [2.45, 2.75) is 6.54 Å². The van der Waals surface area contributed by atoms with E-state index < -0.39 is 0 Å². The van der Waals surface area contributed by atoms with Gasteiger partial charge in [-0.05, 0) is 17.7 Å². The molecule has 3 rings (SSSR count). The Kier molecular flexibility index (Phi) is 3.69. The number of nitrogens with zero attached hydrogens (tertiary/aromatic N) is 2. The molecule has 0 bridgehead atoms. The third kappa shape index (κ3) is 3.00. The van der Waals surface area contributed by atoms with Crippen LogP contribution in [0.25, 0.3) is 11.4 Å². The third-order valence-corrected chi connectivity index (χ3v) is 3.49. The molecule has 0 aliphatic rings. The van der Waals surface area contributed by atoms with Gasteiger partial charge < -0.3 is 5.32 Å². The van der Waals surface area contributed by atoms with E-state index in [0.717, 1.165) is 22.1 Å². The van der Waals surface area contributed by atoms with Crippen molar-refractivity contribution < 1.29 is 4.39 Å². The molecule has 20 heavy (non-hydrogen) atoms. The second kappa shape index (κ2) is 5.79. The molecule has 0 unspecified atom stereocenters. The van der Waals surface area contributed by atoms with E-state index in [9.17, 15) is 4.39 Å². The highest BCUT2D eigenvalue weighted by Crippen LogP contribution is 2.21. The molecule has 5 heteroatoms. The Morgan fingerprint density at radius 2 is 1.75 bits per heavy atom. The van der Waals surface area contributed by atoms with E-state index >= 15 is 0 Å². The average Bonchev–Trinajstić information content (AvgIpc) is 2.97. The number of hydrogen-bond donors (Lipinski definition) is 1. The number of anilines is 1. The van der Waals surface area contributed by atoms with Crippen LogP contribution in [0.2, 0.25) is 0 Å².